The zero-order valence-corrected chi connectivity index (χ0v) is 17.7. The van der Waals surface area contributed by atoms with E-state index in [0.717, 1.165) is 12.1 Å². The first-order valence-corrected chi connectivity index (χ1v) is 10.2. The lowest BCUT2D eigenvalue weighted by atomic mass is 9.95. The lowest BCUT2D eigenvalue weighted by Gasteiger charge is -2.24. The van der Waals surface area contributed by atoms with E-state index in [1.165, 1.54) is 24.3 Å². The first kappa shape index (κ1) is 23.1. The van der Waals surface area contributed by atoms with Crippen molar-refractivity contribution in [2.45, 2.75) is 31.5 Å². The number of amides is 2. The summed E-state index contributed by atoms with van der Waals surface area (Å²) < 4.78 is 38.7. The third kappa shape index (κ3) is 5.57. The molecular formula is C21H20Cl2F2N2O4. The molecule has 0 aliphatic heterocycles. The second-order valence-corrected chi connectivity index (χ2v) is 8.18. The molecule has 2 amide bonds. The van der Waals surface area contributed by atoms with Gasteiger partial charge in [0.15, 0.2) is 12.2 Å². The largest absolute Gasteiger partial charge is 0.480 e. The minimum Gasteiger partial charge on any atom is -0.480 e. The highest BCUT2D eigenvalue weighted by Gasteiger charge is 2.41. The van der Waals surface area contributed by atoms with Gasteiger partial charge >= 0.3 is 0 Å². The fraction of sp³-hybridized carbons (Fsp3) is 0.333. The monoisotopic (exact) mass is 472 g/mol. The summed E-state index contributed by atoms with van der Waals surface area (Å²) in [6.45, 7) is 0. The maximum atomic E-state index is 13.7. The molecule has 2 unspecified atom stereocenters. The summed E-state index contributed by atoms with van der Waals surface area (Å²) in [5.41, 5.74) is 11.0. The smallest absolute Gasteiger partial charge is 0.258 e. The van der Waals surface area contributed by atoms with Gasteiger partial charge in [-0.3, -0.25) is 9.59 Å². The summed E-state index contributed by atoms with van der Waals surface area (Å²) in [6, 6.07) is 7.61. The van der Waals surface area contributed by atoms with Crippen molar-refractivity contribution in [1.29, 1.82) is 0 Å². The van der Waals surface area contributed by atoms with Crippen molar-refractivity contribution in [2.75, 3.05) is 0 Å². The maximum absolute atomic E-state index is 13.7. The fourth-order valence-electron chi connectivity index (χ4n) is 3.77. The van der Waals surface area contributed by atoms with E-state index >= 15 is 0 Å². The van der Waals surface area contributed by atoms with Crippen LogP contribution in [0.5, 0.6) is 11.5 Å². The number of benzene rings is 2. The minimum atomic E-state index is -1.05. The highest BCUT2D eigenvalue weighted by molar-refractivity contribution is 6.31. The highest BCUT2D eigenvalue weighted by atomic mass is 35.5. The Morgan fingerprint density at radius 3 is 1.55 bits per heavy atom. The van der Waals surface area contributed by atoms with Gasteiger partial charge in [0.2, 0.25) is 0 Å². The van der Waals surface area contributed by atoms with Gasteiger partial charge in [0.25, 0.3) is 11.8 Å². The number of nitrogens with two attached hydrogens (primary N) is 2. The van der Waals surface area contributed by atoms with E-state index < -0.39 is 35.7 Å². The lowest BCUT2D eigenvalue weighted by molar-refractivity contribution is -0.127. The van der Waals surface area contributed by atoms with Crippen LogP contribution in [0.1, 0.15) is 19.3 Å². The Morgan fingerprint density at radius 2 is 1.23 bits per heavy atom. The van der Waals surface area contributed by atoms with Crippen LogP contribution in [0.2, 0.25) is 10.0 Å². The van der Waals surface area contributed by atoms with Crippen LogP contribution < -0.4 is 20.9 Å². The first-order chi connectivity index (χ1) is 14.7. The van der Waals surface area contributed by atoms with Crippen molar-refractivity contribution in [3.05, 3.63) is 58.1 Å². The van der Waals surface area contributed by atoms with Crippen molar-refractivity contribution >= 4 is 35.0 Å². The molecule has 0 bridgehead atoms. The number of hydrogen-bond donors (Lipinski definition) is 2. The van der Waals surface area contributed by atoms with E-state index in [1.54, 1.807) is 0 Å². The van der Waals surface area contributed by atoms with Crippen LogP contribution in [0.4, 0.5) is 8.78 Å². The highest BCUT2D eigenvalue weighted by Crippen LogP contribution is 2.38. The number of hydrogen-bond acceptors (Lipinski definition) is 4. The summed E-state index contributed by atoms with van der Waals surface area (Å²) in [6.07, 6.45) is -0.764. The van der Waals surface area contributed by atoms with Gasteiger partial charge in [0, 0.05) is 24.0 Å². The number of carbonyl (C=O) groups is 2. The average Bonchev–Trinajstić information content (AvgIpc) is 3.18. The Labute approximate surface area is 187 Å². The number of carbonyl (C=O) groups excluding carboxylic acids is 2. The molecule has 1 aliphatic carbocycles. The molecule has 4 atom stereocenters. The molecule has 2 aromatic rings. The second kappa shape index (κ2) is 9.70. The van der Waals surface area contributed by atoms with Gasteiger partial charge in [-0.1, -0.05) is 23.2 Å². The normalized spacial score (nSPS) is 20.1. The van der Waals surface area contributed by atoms with Crippen molar-refractivity contribution in [3.63, 3.8) is 0 Å². The quantitative estimate of drug-likeness (QED) is 0.608. The third-order valence-corrected chi connectivity index (χ3v) is 5.85. The van der Waals surface area contributed by atoms with Crippen molar-refractivity contribution in [3.8, 4) is 11.5 Å². The molecule has 0 radical (unpaired) electrons. The molecule has 6 nitrogen and oxygen atoms in total. The number of halogens is 4. The topological polar surface area (TPSA) is 105 Å². The van der Waals surface area contributed by atoms with Crippen LogP contribution in [0, 0.1) is 23.5 Å². The van der Waals surface area contributed by atoms with Gasteiger partial charge in [0.1, 0.15) is 23.1 Å². The summed E-state index contributed by atoms with van der Waals surface area (Å²) in [7, 11) is 0. The van der Waals surface area contributed by atoms with Crippen LogP contribution >= 0.6 is 23.2 Å². The lowest BCUT2D eigenvalue weighted by Crippen LogP contribution is -2.41. The molecule has 0 saturated heterocycles. The Balaban J connectivity index is 1.72. The Hall–Kier alpha value is -2.58. The third-order valence-electron chi connectivity index (χ3n) is 5.24. The van der Waals surface area contributed by atoms with Crippen LogP contribution in [0.15, 0.2) is 36.4 Å². The van der Waals surface area contributed by atoms with Gasteiger partial charge in [-0.15, -0.1) is 0 Å². The molecule has 1 aliphatic rings. The predicted octanol–water partition coefficient (Wildman–Crippen LogP) is 3.85. The molecule has 2 aromatic carbocycles. The van der Waals surface area contributed by atoms with Gasteiger partial charge in [0.05, 0.1) is 10.0 Å². The average molecular weight is 473 g/mol. The number of rotatable bonds is 8. The molecule has 31 heavy (non-hydrogen) atoms. The van der Waals surface area contributed by atoms with Crippen LogP contribution in [0.3, 0.4) is 0 Å². The summed E-state index contributed by atoms with van der Waals surface area (Å²) in [4.78, 5) is 24.0. The van der Waals surface area contributed by atoms with Gasteiger partial charge in [-0.05, 0) is 43.5 Å². The second-order valence-electron chi connectivity index (χ2n) is 7.37. The molecule has 10 heteroatoms. The van der Waals surface area contributed by atoms with Crippen LogP contribution in [-0.4, -0.2) is 24.0 Å². The van der Waals surface area contributed by atoms with Gasteiger partial charge in [-0.25, -0.2) is 8.78 Å². The number of primary amides is 2. The predicted molar refractivity (Wildman–Crippen MR) is 111 cm³/mol. The molecule has 3 rings (SSSR count). The standard InChI is InChI=1S/C21H20Cl2F2N2O4/c22-14-5-3-12(8-16(14)24)30-18(20(26)28)10-1-2-11(7-10)19(21(27)29)31-13-4-6-15(23)17(25)9-13/h3-6,8-11,18-19H,1-2,7H2,(H2,26,28)(H2,27,29)/t10-,11-,18?,19?/m0/s1. The Kier molecular flexibility index (Phi) is 7.23. The molecule has 1 saturated carbocycles. The van der Waals surface area contributed by atoms with E-state index in [-0.39, 0.29) is 33.4 Å². The SMILES string of the molecule is NC(=O)C(Oc1ccc(Cl)c(F)c1)[C@H]1CC[C@H](C(Oc2ccc(Cl)c(F)c2)C(N)=O)C1. The maximum Gasteiger partial charge on any atom is 0.258 e. The minimum absolute atomic E-state index is 0.0796. The first-order valence-electron chi connectivity index (χ1n) is 9.47. The number of ether oxygens (including phenoxy) is 2. The Morgan fingerprint density at radius 1 is 0.839 bits per heavy atom. The zero-order chi connectivity index (χ0) is 22.7. The van der Waals surface area contributed by atoms with Gasteiger partial charge < -0.3 is 20.9 Å². The van der Waals surface area contributed by atoms with Crippen molar-refractivity contribution < 1.29 is 27.8 Å². The summed E-state index contributed by atoms with van der Waals surface area (Å²) in [5.74, 6) is -3.33. The van der Waals surface area contributed by atoms with Crippen LogP contribution in [0.25, 0.3) is 0 Å². The summed E-state index contributed by atoms with van der Waals surface area (Å²) >= 11 is 11.3. The summed E-state index contributed by atoms with van der Waals surface area (Å²) in [5, 5.41) is -0.159. The molecule has 166 valence electrons. The molecular weight excluding hydrogens is 453 g/mol. The van der Waals surface area contributed by atoms with Crippen molar-refractivity contribution in [2.24, 2.45) is 23.3 Å². The fourth-order valence-corrected chi connectivity index (χ4v) is 4.00. The van der Waals surface area contributed by atoms with Gasteiger partial charge in [-0.2, -0.15) is 0 Å². The molecule has 0 spiro atoms. The molecule has 0 aromatic heterocycles. The molecule has 4 N–H and O–H groups in total. The van der Waals surface area contributed by atoms with E-state index in [2.05, 4.69) is 0 Å². The zero-order valence-electron chi connectivity index (χ0n) is 16.2. The van der Waals surface area contributed by atoms with E-state index in [4.69, 9.17) is 44.1 Å². The van der Waals surface area contributed by atoms with E-state index in [1.807, 2.05) is 0 Å². The molecule has 1 fully saturated rings. The van der Waals surface area contributed by atoms with Crippen molar-refractivity contribution in [1.82, 2.24) is 0 Å². The van der Waals surface area contributed by atoms with E-state index in [9.17, 15) is 18.4 Å². The van der Waals surface area contributed by atoms with E-state index in [0.29, 0.717) is 19.3 Å². The molecule has 0 heterocycles. The Bertz CT molecular complexity index is 914. The van der Waals surface area contributed by atoms with Crippen LogP contribution in [-0.2, 0) is 9.59 Å².